The highest BCUT2D eigenvalue weighted by Crippen LogP contribution is 2.52. The number of ether oxygens (including phenoxy) is 2. The zero-order valence-corrected chi connectivity index (χ0v) is 7.16. The molecule has 2 N–H and O–H groups in total. The van der Waals surface area contributed by atoms with Gasteiger partial charge in [-0.15, -0.1) is 0 Å². The van der Waals surface area contributed by atoms with E-state index < -0.39 is 0 Å². The molecule has 0 amide bonds. The van der Waals surface area contributed by atoms with Crippen molar-refractivity contribution in [1.82, 2.24) is 0 Å². The standard InChI is InChI=1S/C9H15NO2/c10-5-9-2-1-6-3-8(12-9)11-4-7(6)9/h6-8H,1-5,10H2. The number of hydrogen-bond donors (Lipinski definition) is 1. The van der Waals surface area contributed by atoms with Gasteiger partial charge in [-0.1, -0.05) is 0 Å². The molecule has 0 aromatic rings. The fourth-order valence-corrected chi connectivity index (χ4v) is 3.13. The molecular weight excluding hydrogens is 154 g/mol. The third kappa shape index (κ3) is 0.721. The van der Waals surface area contributed by atoms with Gasteiger partial charge in [0.15, 0.2) is 6.29 Å². The third-order valence-corrected chi connectivity index (χ3v) is 3.85. The third-order valence-electron chi connectivity index (χ3n) is 3.85. The van der Waals surface area contributed by atoms with Crippen molar-refractivity contribution in [3.63, 3.8) is 0 Å². The maximum absolute atomic E-state index is 5.87. The molecule has 4 rings (SSSR count). The summed E-state index contributed by atoms with van der Waals surface area (Å²) in [6, 6.07) is 0. The second-order valence-electron chi connectivity index (χ2n) is 4.29. The van der Waals surface area contributed by atoms with Crippen LogP contribution in [0.15, 0.2) is 0 Å². The van der Waals surface area contributed by atoms with Gasteiger partial charge in [-0.3, -0.25) is 0 Å². The zero-order valence-electron chi connectivity index (χ0n) is 7.16. The Hall–Kier alpha value is -0.120. The lowest BCUT2D eigenvalue weighted by atomic mass is 9.80. The fraction of sp³-hybridized carbons (Fsp3) is 1.00. The highest BCUT2D eigenvalue weighted by Gasteiger charge is 2.57. The van der Waals surface area contributed by atoms with Crippen molar-refractivity contribution in [2.75, 3.05) is 13.2 Å². The summed E-state index contributed by atoms with van der Waals surface area (Å²) < 4.78 is 11.4. The normalized spacial score (nSPS) is 56.2. The molecule has 1 aliphatic carbocycles. The molecule has 3 heterocycles. The van der Waals surface area contributed by atoms with Crippen LogP contribution in [0.2, 0.25) is 0 Å². The van der Waals surface area contributed by atoms with Crippen molar-refractivity contribution in [1.29, 1.82) is 0 Å². The Morgan fingerprint density at radius 2 is 2.42 bits per heavy atom. The van der Waals surface area contributed by atoms with Crippen LogP contribution in [-0.2, 0) is 9.47 Å². The van der Waals surface area contributed by atoms with Crippen LogP contribution in [0.4, 0.5) is 0 Å². The molecule has 1 saturated carbocycles. The number of hydrogen-bond acceptors (Lipinski definition) is 3. The van der Waals surface area contributed by atoms with Crippen LogP contribution < -0.4 is 5.73 Å². The molecule has 0 spiro atoms. The summed E-state index contributed by atoms with van der Waals surface area (Å²) in [5, 5.41) is 0. The Balaban J connectivity index is 1.96. The van der Waals surface area contributed by atoms with Gasteiger partial charge in [-0.25, -0.2) is 0 Å². The van der Waals surface area contributed by atoms with Crippen molar-refractivity contribution in [2.45, 2.75) is 31.2 Å². The first-order chi connectivity index (χ1) is 5.84. The molecule has 3 heteroatoms. The molecule has 0 aromatic carbocycles. The average molecular weight is 169 g/mol. The lowest BCUT2D eigenvalue weighted by Crippen LogP contribution is -2.57. The first-order valence-electron chi connectivity index (χ1n) is 4.83. The van der Waals surface area contributed by atoms with Crippen LogP contribution in [0.1, 0.15) is 19.3 Å². The molecule has 0 radical (unpaired) electrons. The minimum Gasteiger partial charge on any atom is -0.352 e. The van der Waals surface area contributed by atoms with Crippen LogP contribution in [0.25, 0.3) is 0 Å². The molecule has 3 aliphatic heterocycles. The highest BCUT2D eigenvalue weighted by molar-refractivity contribution is 5.04. The van der Waals surface area contributed by atoms with E-state index in [9.17, 15) is 0 Å². The van der Waals surface area contributed by atoms with E-state index >= 15 is 0 Å². The Labute approximate surface area is 72.2 Å². The predicted molar refractivity (Wildman–Crippen MR) is 43.4 cm³/mol. The summed E-state index contributed by atoms with van der Waals surface area (Å²) >= 11 is 0. The smallest absolute Gasteiger partial charge is 0.158 e. The lowest BCUT2D eigenvalue weighted by molar-refractivity contribution is -0.308. The minimum atomic E-state index is 0.00579. The summed E-state index contributed by atoms with van der Waals surface area (Å²) in [5.41, 5.74) is 5.79. The van der Waals surface area contributed by atoms with E-state index in [1.54, 1.807) is 0 Å². The van der Waals surface area contributed by atoms with E-state index in [1.807, 2.05) is 0 Å². The Bertz CT molecular complexity index is 209. The van der Waals surface area contributed by atoms with Gasteiger partial charge >= 0.3 is 0 Å². The molecule has 4 fully saturated rings. The second kappa shape index (κ2) is 2.22. The van der Waals surface area contributed by atoms with E-state index in [4.69, 9.17) is 15.2 Å². The van der Waals surface area contributed by atoms with Crippen molar-refractivity contribution in [3.05, 3.63) is 0 Å². The second-order valence-corrected chi connectivity index (χ2v) is 4.29. The molecule has 4 aliphatic rings. The molecule has 12 heavy (non-hydrogen) atoms. The molecule has 3 nitrogen and oxygen atoms in total. The first-order valence-corrected chi connectivity index (χ1v) is 4.83. The number of fused-ring (bicyclic) bond motifs is 1. The van der Waals surface area contributed by atoms with Gasteiger partial charge in [0, 0.05) is 18.9 Å². The Morgan fingerprint density at radius 1 is 1.50 bits per heavy atom. The monoisotopic (exact) mass is 169 g/mol. The van der Waals surface area contributed by atoms with E-state index in [1.165, 1.54) is 6.42 Å². The van der Waals surface area contributed by atoms with E-state index in [0.29, 0.717) is 12.5 Å². The zero-order chi connectivity index (χ0) is 8.18. The van der Waals surface area contributed by atoms with Crippen molar-refractivity contribution >= 4 is 0 Å². The molecule has 3 saturated heterocycles. The Morgan fingerprint density at radius 3 is 3.08 bits per heavy atom. The lowest BCUT2D eigenvalue weighted by Gasteiger charge is -2.49. The Kier molecular flexibility index (Phi) is 1.35. The molecule has 4 unspecified atom stereocenters. The van der Waals surface area contributed by atoms with E-state index in [-0.39, 0.29) is 11.9 Å². The summed E-state index contributed by atoms with van der Waals surface area (Å²) in [7, 11) is 0. The summed E-state index contributed by atoms with van der Waals surface area (Å²) in [5.74, 6) is 1.42. The highest BCUT2D eigenvalue weighted by atomic mass is 16.7. The largest absolute Gasteiger partial charge is 0.352 e. The molecule has 0 aromatic heterocycles. The van der Waals surface area contributed by atoms with Gasteiger partial charge in [0.25, 0.3) is 0 Å². The van der Waals surface area contributed by atoms with Crippen LogP contribution in [0, 0.1) is 11.8 Å². The van der Waals surface area contributed by atoms with Crippen LogP contribution in [0.3, 0.4) is 0 Å². The molecule has 68 valence electrons. The molecular formula is C9H15NO2. The first kappa shape index (κ1) is 7.30. The maximum atomic E-state index is 5.87. The van der Waals surface area contributed by atoms with Crippen molar-refractivity contribution in [3.8, 4) is 0 Å². The SMILES string of the molecule is NCC12CCC3CC(OCC31)O2. The van der Waals surface area contributed by atoms with Gasteiger partial charge in [0.2, 0.25) is 0 Å². The van der Waals surface area contributed by atoms with Gasteiger partial charge in [0.1, 0.15) is 0 Å². The van der Waals surface area contributed by atoms with Crippen molar-refractivity contribution < 1.29 is 9.47 Å². The van der Waals surface area contributed by atoms with Crippen LogP contribution in [-0.4, -0.2) is 25.0 Å². The summed E-state index contributed by atoms with van der Waals surface area (Å²) in [6.07, 6.45) is 3.61. The minimum absolute atomic E-state index is 0.00579. The van der Waals surface area contributed by atoms with Crippen LogP contribution >= 0.6 is 0 Å². The van der Waals surface area contributed by atoms with Crippen LogP contribution in [0.5, 0.6) is 0 Å². The van der Waals surface area contributed by atoms with E-state index in [2.05, 4.69) is 0 Å². The van der Waals surface area contributed by atoms with Gasteiger partial charge in [-0.05, 0) is 18.8 Å². The summed E-state index contributed by atoms with van der Waals surface area (Å²) in [4.78, 5) is 0. The molecule has 4 atom stereocenters. The molecule has 4 bridgehead atoms. The van der Waals surface area contributed by atoms with Gasteiger partial charge in [-0.2, -0.15) is 0 Å². The average Bonchev–Trinajstić information content (AvgIpc) is 2.40. The van der Waals surface area contributed by atoms with Crippen molar-refractivity contribution in [2.24, 2.45) is 17.6 Å². The number of nitrogens with two attached hydrogens (primary N) is 1. The fourth-order valence-electron chi connectivity index (χ4n) is 3.13. The maximum Gasteiger partial charge on any atom is 0.158 e. The van der Waals surface area contributed by atoms with E-state index in [0.717, 1.165) is 25.4 Å². The summed E-state index contributed by atoms with van der Waals surface area (Å²) in [6.45, 7) is 1.56. The number of rotatable bonds is 1. The van der Waals surface area contributed by atoms with Gasteiger partial charge < -0.3 is 15.2 Å². The van der Waals surface area contributed by atoms with Gasteiger partial charge in [0.05, 0.1) is 12.2 Å². The predicted octanol–water partition coefficient (Wildman–Crippen LogP) is 0.487. The topological polar surface area (TPSA) is 44.5 Å². The quantitative estimate of drug-likeness (QED) is 0.621.